The Morgan fingerprint density at radius 1 is 0.773 bits per heavy atom. The number of alkyl halides is 3. The molecule has 0 unspecified atom stereocenters. The van der Waals surface area contributed by atoms with Gasteiger partial charge in [0.1, 0.15) is 11.5 Å². The monoisotopic (exact) mass is 593 g/mol. The van der Waals surface area contributed by atoms with E-state index >= 15 is 0 Å². The summed E-state index contributed by atoms with van der Waals surface area (Å²) in [5.41, 5.74) is 2.81. The van der Waals surface area contributed by atoms with Gasteiger partial charge in [-0.05, 0) is 106 Å². The molecular weight excluding hydrogens is 559 g/mol. The number of fused-ring (bicyclic) bond motifs is 6. The minimum Gasteiger partial charge on any atom is -0.496 e. The van der Waals surface area contributed by atoms with Gasteiger partial charge in [0.15, 0.2) is 0 Å². The second kappa shape index (κ2) is 12.6. The molecule has 6 aromatic rings. The summed E-state index contributed by atoms with van der Waals surface area (Å²) in [6, 6.07) is 28.5. The van der Waals surface area contributed by atoms with Crippen LogP contribution < -0.4 is 9.47 Å². The van der Waals surface area contributed by atoms with Gasteiger partial charge in [0.05, 0.1) is 25.2 Å². The van der Waals surface area contributed by atoms with Crippen LogP contribution in [0.25, 0.3) is 32.3 Å². The van der Waals surface area contributed by atoms with Crippen LogP contribution in [0.1, 0.15) is 47.4 Å². The fourth-order valence-electron chi connectivity index (χ4n) is 6.54. The molecule has 224 valence electrons. The molecule has 0 fully saturated rings. The fraction of sp³-hybridized carbons (Fsp3) is 0.237. The predicted octanol–water partition coefficient (Wildman–Crippen LogP) is 10.3. The molecule has 6 heteroatoms. The summed E-state index contributed by atoms with van der Waals surface area (Å²) in [6.45, 7) is 0. The Morgan fingerprint density at radius 2 is 1.57 bits per heavy atom. The molecule has 1 aromatic heterocycles. The molecule has 0 radical (unpaired) electrons. The number of ether oxygens (including phenoxy) is 2. The number of halogens is 3. The van der Waals surface area contributed by atoms with Crippen molar-refractivity contribution < 1.29 is 22.6 Å². The summed E-state index contributed by atoms with van der Waals surface area (Å²) in [5, 5.41) is 6.88. The lowest BCUT2D eigenvalue weighted by atomic mass is 9.77. The maximum absolute atomic E-state index is 13.1. The first-order chi connectivity index (χ1) is 21.4. The Labute approximate surface area is 255 Å². The number of pyridine rings is 1. The average molecular weight is 594 g/mol. The molecule has 1 aliphatic rings. The fourth-order valence-corrected chi connectivity index (χ4v) is 6.54. The second-order valence-electron chi connectivity index (χ2n) is 11.2. The van der Waals surface area contributed by atoms with Gasteiger partial charge in [0.25, 0.3) is 0 Å². The molecule has 3 nitrogen and oxygen atoms in total. The normalized spacial score (nSPS) is 14.6. The molecule has 0 amide bonds. The summed E-state index contributed by atoms with van der Waals surface area (Å²) >= 11 is 0. The van der Waals surface area contributed by atoms with E-state index in [2.05, 4.69) is 41.4 Å². The molecule has 0 saturated carbocycles. The van der Waals surface area contributed by atoms with Crippen molar-refractivity contribution in [2.75, 3.05) is 14.2 Å². The Kier molecular flexibility index (Phi) is 8.42. The van der Waals surface area contributed by atoms with Crippen molar-refractivity contribution >= 4 is 32.3 Å². The number of hydrogen-bond acceptors (Lipinski definition) is 3. The minimum absolute atomic E-state index is 0.328. The van der Waals surface area contributed by atoms with Crippen molar-refractivity contribution in [3.8, 4) is 11.5 Å². The lowest BCUT2D eigenvalue weighted by Gasteiger charge is -2.27. The van der Waals surface area contributed by atoms with E-state index in [1.54, 1.807) is 20.3 Å². The van der Waals surface area contributed by atoms with Crippen LogP contribution in [0.5, 0.6) is 11.5 Å². The Hall–Kier alpha value is -4.58. The molecule has 0 spiro atoms. The zero-order valence-corrected chi connectivity index (χ0v) is 24.8. The van der Waals surface area contributed by atoms with Gasteiger partial charge in [-0.1, -0.05) is 66.7 Å². The maximum atomic E-state index is 13.1. The maximum Gasteiger partial charge on any atom is 0.416 e. The highest BCUT2D eigenvalue weighted by Gasteiger charge is 2.30. The van der Waals surface area contributed by atoms with Crippen LogP contribution in [0.3, 0.4) is 0 Å². The highest BCUT2D eigenvalue weighted by molar-refractivity contribution is 6.13. The van der Waals surface area contributed by atoms with Gasteiger partial charge >= 0.3 is 6.18 Å². The summed E-state index contributed by atoms with van der Waals surface area (Å²) in [5.74, 6) is 1.90. The molecule has 7 rings (SSSR count). The van der Waals surface area contributed by atoms with Crippen molar-refractivity contribution in [3.05, 3.63) is 126 Å². The van der Waals surface area contributed by atoms with E-state index in [0.717, 1.165) is 59.6 Å². The quantitative estimate of drug-likeness (QED) is 0.186. The molecule has 44 heavy (non-hydrogen) atoms. The standard InChI is InChI=1S/C29H27F3O2.C9H7N/c1-33-26-11-5-10-24-23-15-14-21-19(13-12-18-6-3-8-20(16-18)29(30,31)32)7-4-9-22(21)25(23)17-27(34-2)28(24)26;1-2-4-9-7-10-6-5-8(9)3-1/h3,5-6,8,10-11,14-17,19H,4,7,9,12-13H2,1-2H3;1-7H/t19-;/m0./s1. The first-order valence-electron chi connectivity index (χ1n) is 14.9. The first kappa shape index (κ1) is 29.5. The molecule has 0 bridgehead atoms. The SMILES string of the molecule is COc1cccc2c1c(OC)cc1c3c(ccc12)[C@H](CCc1cccc(C(F)(F)F)c1)CCC3.c1ccc2cnccc2c1. The molecule has 5 aromatic carbocycles. The molecule has 1 heterocycles. The zero-order chi connectivity index (χ0) is 30.7. The van der Waals surface area contributed by atoms with Gasteiger partial charge in [0, 0.05) is 12.4 Å². The van der Waals surface area contributed by atoms with Crippen LogP contribution in [0.4, 0.5) is 13.2 Å². The number of rotatable bonds is 5. The van der Waals surface area contributed by atoms with E-state index in [-0.39, 0.29) is 0 Å². The van der Waals surface area contributed by atoms with E-state index in [0.29, 0.717) is 12.3 Å². The van der Waals surface area contributed by atoms with Gasteiger partial charge in [-0.3, -0.25) is 4.98 Å². The van der Waals surface area contributed by atoms with Crippen molar-refractivity contribution in [1.82, 2.24) is 4.98 Å². The lowest BCUT2D eigenvalue weighted by Crippen LogP contribution is -2.12. The number of nitrogens with zero attached hydrogens (tertiary/aromatic N) is 1. The first-order valence-corrected chi connectivity index (χ1v) is 14.9. The van der Waals surface area contributed by atoms with E-state index in [4.69, 9.17) is 9.47 Å². The number of aryl methyl sites for hydroxylation is 2. The van der Waals surface area contributed by atoms with Gasteiger partial charge in [-0.25, -0.2) is 0 Å². The summed E-state index contributed by atoms with van der Waals surface area (Å²) < 4.78 is 50.7. The van der Waals surface area contributed by atoms with E-state index in [1.807, 2.05) is 42.7 Å². The van der Waals surface area contributed by atoms with Crippen LogP contribution >= 0.6 is 0 Å². The Morgan fingerprint density at radius 3 is 2.34 bits per heavy atom. The van der Waals surface area contributed by atoms with E-state index in [1.165, 1.54) is 44.8 Å². The topological polar surface area (TPSA) is 31.4 Å². The highest BCUT2D eigenvalue weighted by Crippen LogP contribution is 2.44. The van der Waals surface area contributed by atoms with E-state index < -0.39 is 11.7 Å². The Balaban J connectivity index is 0.000000289. The zero-order valence-electron chi connectivity index (χ0n) is 24.8. The smallest absolute Gasteiger partial charge is 0.416 e. The van der Waals surface area contributed by atoms with Crippen molar-refractivity contribution in [2.24, 2.45) is 0 Å². The molecular formula is C38H34F3NO2. The predicted molar refractivity (Wildman–Crippen MR) is 172 cm³/mol. The third-order valence-corrected chi connectivity index (χ3v) is 8.68. The van der Waals surface area contributed by atoms with Gasteiger partial charge < -0.3 is 9.47 Å². The highest BCUT2D eigenvalue weighted by atomic mass is 19.4. The largest absolute Gasteiger partial charge is 0.496 e. The molecule has 0 N–H and O–H groups in total. The van der Waals surface area contributed by atoms with Crippen molar-refractivity contribution in [2.45, 2.75) is 44.2 Å². The van der Waals surface area contributed by atoms with Crippen molar-refractivity contribution in [1.29, 1.82) is 0 Å². The summed E-state index contributed by atoms with van der Waals surface area (Å²) in [6.07, 6.45) is 3.94. The van der Waals surface area contributed by atoms with Gasteiger partial charge in [-0.15, -0.1) is 0 Å². The summed E-state index contributed by atoms with van der Waals surface area (Å²) in [4.78, 5) is 4.01. The van der Waals surface area contributed by atoms with Gasteiger partial charge in [0.2, 0.25) is 0 Å². The van der Waals surface area contributed by atoms with Crippen LogP contribution in [0, 0.1) is 0 Å². The van der Waals surface area contributed by atoms with Crippen LogP contribution in [0.15, 0.2) is 103 Å². The third kappa shape index (κ3) is 5.94. The van der Waals surface area contributed by atoms with Gasteiger partial charge in [-0.2, -0.15) is 13.2 Å². The number of hydrogen-bond donors (Lipinski definition) is 0. The Bertz CT molecular complexity index is 1870. The van der Waals surface area contributed by atoms with Crippen LogP contribution in [-0.2, 0) is 19.0 Å². The average Bonchev–Trinajstić information content (AvgIpc) is 3.06. The third-order valence-electron chi connectivity index (χ3n) is 8.68. The van der Waals surface area contributed by atoms with Crippen LogP contribution in [0.2, 0.25) is 0 Å². The van der Waals surface area contributed by atoms with Crippen LogP contribution in [-0.4, -0.2) is 19.2 Å². The molecule has 0 aliphatic heterocycles. The number of methoxy groups -OCH3 is 2. The summed E-state index contributed by atoms with van der Waals surface area (Å²) in [7, 11) is 3.35. The number of aromatic nitrogens is 1. The molecule has 1 aliphatic carbocycles. The van der Waals surface area contributed by atoms with Crippen molar-refractivity contribution in [3.63, 3.8) is 0 Å². The number of benzene rings is 5. The molecule has 0 saturated heterocycles. The lowest BCUT2D eigenvalue weighted by molar-refractivity contribution is -0.137. The second-order valence-corrected chi connectivity index (χ2v) is 11.2. The molecule has 1 atom stereocenters. The minimum atomic E-state index is -4.31. The van der Waals surface area contributed by atoms with E-state index in [9.17, 15) is 13.2 Å².